The number of nitro benzene ring substituents is 1. The molecule has 1 amide bonds. The number of carbonyl (C=O) groups excluding carboxylic acids is 1. The fourth-order valence-electron chi connectivity index (χ4n) is 1.45. The van der Waals surface area contributed by atoms with Crippen LogP contribution in [0.5, 0.6) is 0 Å². The Morgan fingerprint density at radius 1 is 1.38 bits per heavy atom. The highest BCUT2D eigenvalue weighted by molar-refractivity contribution is 7.89. The van der Waals surface area contributed by atoms with Crippen LogP contribution in [0.25, 0.3) is 0 Å². The number of benzene rings is 1. The first kappa shape index (κ1) is 10.6. The molecule has 0 radical (unpaired) electrons. The van der Waals surface area contributed by atoms with Crippen LogP contribution < -0.4 is 4.72 Å². The number of carbonyl (C=O) groups is 1. The first-order valence-corrected chi connectivity index (χ1v) is 5.86. The highest BCUT2D eigenvalue weighted by Crippen LogP contribution is 2.22. The van der Waals surface area contributed by atoms with Gasteiger partial charge in [0, 0.05) is 12.1 Å². The van der Waals surface area contributed by atoms with E-state index in [1.165, 1.54) is 12.1 Å². The van der Waals surface area contributed by atoms with Gasteiger partial charge in [-0.05, 0) is 5.56 Å². The molecule has 1 aromatic carbocycles. The van der Waals surface area contributed by atoms with Gasteiger partial charge in [0.1, 0.15) is 0 Å². The fourth-order valence-corrected chi connectivity index (χ4v) is 2.58. The van der Waals surface area contributed by atoms with Crippen molar-refractivity contribution in [2.45, 2.75) is 5.75 Å². The lowest BCUT2D eigenvalue weighted by Gasteiger charge is -2.15. The topological polar surface area (TPSA) is 106 Å². The van der Waals surface area contributed by atoms with Gasteiger partial charge in [-0.2, -0.15) is 0 Å². The van der Waals surface area contributed by atoms with Crippen LogP contribution in [0.15, 0.2) is 18.2 Å². The molecule has 2 rings (SSSR count). The number of hydrogen-bond acceptors (Lipinski definition) is 5. The largest absolute Gasteiger partial charge is 0.270 e. The lowest BCUT2D eigenvalue weighted by Crippen LogP contribution is -2.36. The summed E-state index contributed by atoms with van der Waals surface area (Å²) in [5.74, 6) is -1.17. The van der Waals surface area contributed by atoms with Gasteiger partial charge in [0.25, 0.3) is 11.6 Å². The molecule has 1 N–H and O–H groups in total. The highest BCUT2D eigenvalue weighted by atomic mass is 32.2. The molecule has 0 atom stereocenters. The van der Waals surface area contributed by atoms with Crippen LogP contribution in [0, 0.1) is 10.1 Å². The molecule has 0 saturated heterocycles. The molecular weight excluding hydrogens is 236 g/mol. The van der Waals surface area contributed by atoms with Crippen molar-refractivity contribution in [3.8, 4) is 0 Å². The Morgan fingerprint density at radius 2 is 2.06 bits per heavy atom. The average molecular weight is 242 g/mol. The van der Waals surface area contributed by atoms with Crippen molar-refractivity contribution in [1.82, 2.24) is 4.72 Å². The van der Waals surface area contributed by atoms with E-state index in [4.69, 9.17) is 0 Å². The molecule has 0 aliphatic carbocycles. The number of fused-ring (bicyclic) bond motifs is 1. The van der Waals surface area contributed by atoms with E-state index in [1.54, 1.807) is 4.72 Å². The van der Waals surface area contributed by atoms with Crippen LogP contribution in [-0.4, -0.2) is 19.2 Å². The second-order valence-electron chi connectivity index (χ2n) is 3.29. The Labute approximate surface area is 90.3 Å². The van der Waals surface area contributed by atoms with Gasteiger partial charge < -0.3 is 0 Å². The van der Waals surface area contributed by atoms with Crippen molar-refractivity contribution in [2.24, 2.45) is 0 Å². The maximum absolute atomic E-state index is 11.4. The summed E-state index contributed by atoms with van der Waals surface area (Å²) in [6.07, 6.45) is 0. The van der Waals surface area contributed by atoms with E-state index in [-0.39, 0.29) is 22.6 Å². The summed E-state index contributed by atoms with van der Waals surface area (Å²) in [5.41, 5.74) is 0.0616. The number of nitrogens with zero attached hydrogens (tertiary/aromatic N) is 1. The number of hydrogen-bond donors (Lipinski definition) is 1. The molecule has 0 fully saturated rings. The SMILES string of the molecule is O=C1NS(=O)(=O)Cc2ccc([N+](=O)[O-])cc21. The third-order valence-corrected chi connectivity index (χ3v) is 3.33. The summed E-state index contributed by atoms with van der Waals surface area (Å²) >= 11 is 0. The van der Waals surface area contributed by atoms with Crippen molar-refractivity contribution < 1.29 is 18.1 Å². The summed E-state index contributed by atoms with van der Waals surface area (Å²) in [5, 5.41) is 10.5. The molecule has 0 saturated carbocycles. The normalized spacial score (nSPS) is 17.4. The number of nitro groups is 1. The molecule has 1 aliphatic heterocycles. The maximum Gasteiger partial charge on any atom is 0.270 e. The number of sulfonamides is 1. The predicted molar refractivity (Wildman–Crippen MR) is 53.2 cm³/mol. The predicted octanol–water partition coefficient (Wildman–Crippen LogP) is 0.168. The van der Waals surface area contributed by atoms with Crippen molar-refractivity contribution in [3.63, 3.8) is 0 Å². The summed E-state index contributed by atoms with van der Waals surface area (Å²) in [7, 11) is -3.65. The molecule has 0 bridgehead atoms. The molecule has 84 valence electrons. The summed E-state index contributed by atoms with van der Waals surface area (Å²) in [6.45, 7) is 0. The molecule has 1 aliphatic rings. The van der Waals surface area contributed by atoms with Crippen molar-refractivity contribution in [2.75, 3.05) is 0 Å². The van der Waals surface area contributed by atoms with Crippen LogP contribution in [0.1, 0.15) is 15.9 Å². The van der Waals surface area contributed by atoms with Gasteiger partial charge in [-0.15, -0.1) is 0 Å². The van der Waals surface area contributed by atoms with Gasteiger partial charge in [0.05, 0.1) is 16.2 Å². The van der Waals surface area contributed by atoms with E-state index < -0.39 is 20.9 Å². The third-order valence-electron chi connectivity index (χ3n) is 2.14. The van der Waals surface area contributed by atoms with E-state index in [2.05, 4.69) is 0 Å². The smallest absolute Gasteiger partial charge is 0.268 e. The van der Waals surface area contributed by atoms with Crippen LogP contribution in [0.4, 0.5) is 5.69 Å². The fraction of sp³-hybridized carbons (Fsp3) is 0.125. The highest BCUT2D eigenvalue weighted by Gasteiger charge is 2.28. The zero-order valence-corrected chi connectivity index (χ0v) is 8.65. The first-order chi connectivity index (χ1) is 7.39. The number of rotatable bonds is 1. The molecular formula is C8H6N2O5S. The standard InChI is InChI=1S/C8H6N2O5S/c11-8-7-3-6(10(12)13)2-1-5(7)4-16(14,15)9-8/h1-3H,4H2,(H,9,11). The monoisotopic (exact) mass is 242 g/mol. The molecule has 0 aromatic heterocycles. The Hall–Kier alpha value is -1.96. The lowest BCUT2D eigenvalue weighted by molar-refractivity contribution is -0.384. The minimum absolute atomic E-state index is 0.0315. The molecule has 7 nitrogen and oxygen atoms in total. The minimum Gasteiger partial charge on any atom is -0.268 e. The average Bonchev–Trinajstić information content (AvgIpc) is 2.15. The Bertz CT molecular complexity index is 592. The van der Waals surface area contributed by atoms with Crippen LogP contribution in [0.3, 0.4) is 0 Å². The van der Waals surface area contributed by atoms with Crippen molar-refractivity contribution in [3.05, 3.63) is 39.4 Å². The molecule has 0 unspecified atom stereocenters. The van der Waals surface area contributed by atoms with Gasteiger partial charge in [-0.25, -0.2) is 13.1 Å². The number of nitrogens with one attached hydrogen (secondary N) is 1. The molecule has 1 heterocycles. The number of amides is 1. The van der Waals surface area contributed by atoms with E-state index in [0.717, 1.165) is 6.07 Å². The molecule has 1 aromatic rings. The van der Waals surface area contributed by atoms with Gasteiger partial charge in [-0.3, -0.25) is 14.9 Å². The maximum atomic E-state index is 11.4. The van der Waals surface area contributed by atoms with E-state index in [1.807, 2.05) is 0 Å². The number of non-ortho nitro benzene ring substituents is 1. The molecule has 8 heteroatoms. The van der Waals surface area contributed by atoms with Crippen molar-refractivity contribution in [1.29, 1.82) is 0 Å². The van der Waals surface area contributed by atoms with Crippen LogP contribution in [0.2, 0.25) is 0 Å². The summed E-state index contributed by atoms with van der Waals surface area (Å²) in [6, 6.07) is 3.52. The van der Waals surface area contributed by atoms with Crippen LogP contribution in [-0.2, 0) is 15.8 Å². The quantitative estimate of drug-likeness (QED) is 0.558. The summed E-state index contributed by atoms with van der Waals surface area (Å²) < 4.78 is 24.1. The Kier molecular flexibility index (Phi) is 2.16. The Morgan fingerprint density at radius 3 is 2.69 bits per heavy atom. The van der Waals surface area contributed by atoms with Gasteiger partial charge in [-0.1, -0.05) is 6.07 Å². The summed E-state index contributed by atoms with van der Waals surface area (Å²) in [4.78, 5) is 21.2. The van der Waals surface area contributed by atoms with Crippen LogP contribution >= 0.6 is 0 Å². The minimum atomic E-state index is -3.65. The first-order valence-electron chi connectivity index (χ1n) is 4.21. The van der Waals surface area contributed by atoms with Gasteiger partial charge >= 0.3 is 0 Å². The molecule has 0 spiro atoms. The van der Waals surface area contributed by atoms with Crippen molar-refractivity contribution >= 4 is 21.6 Å². The third kappa shape index (κ3) is 1.74. The lowest BCUT2D eigenvalue weighted by atomic mass is 10.1. The zero-order valence-electron chi connectivity index (χ0n) is 7.84. The zero-order chi connectivity index (χ0) is 11.9. The Balaban J connectivity index is 2.58. The van der Waals surface area contributed by atoms with E-state index >= 15 is 0 Å². The molecule has 16 heavy (non-hydrogen) atoms. The van der Waals surface area contributed by atoms with Gasteiger partial charge in [0.15, 0.2) is 0 Å². The van der Waals surface area contributed by atoms with E-state index in [9.17, 15) is 23.3 Å². The van der Waals surface area contributed by atoms with E-state index in [0.29, 0.717) is 0 Å². The second-order valence-corrected chi connectivity index (χ2v) is 5.01. The van der Waals surface area contributed by atoms with Gasteiger partial charge in [0.2, 0.25) is 10.0 Å². The second kappa shape index (κ2) is 3.27.